The van der Waals surface area contributed by atoms with E-state index in [1.54, 1.807) is 12.1 Å². The molecule has 1 unspecified atom stereocenters. The van der Waals surface area contributed by atoms with Gasteiger partial charge in [-0.15, -0.1) is 0 Å². The molecule has 0 radical (unpaired) electrons. The van der Waals surface area contributed by atoms with Gasteiger partial charge < -0.3 is 14.0 Å². The fourth-order valence-electron chi connectivity index (χ4n) is 3.33. The second-order valence-electron chi connectivity index (χ2n) is 7.28. The number of ether oxygens (including phenoxy) is 2. The zero-order valence-corrected chi connectivity index (χ0v) is 20.4. The predicted octanol–water partition coefficient (Wildman–Crippen LogP) is 1.31. The van der Waals surface area contributed by atoms with Gasteiger partial charge in [-0.3, -0.25) is 14.0 Å². The summed E-state index contributed by atoms with van der Waals surface area (Å²) in [6.07, 6.45) is 0. The van der Waals surface area contributed by atoms with Crippen molar-refractivity contribution in [3.63, 3.8) is 0 Å². The molecule has 2 aliphatic heterocycles. The van der Waals surface area contributed by atoms with E-state index in [4.69, 9.17) is 9.47 Å². The summed E-state index contributed by atoms with van der Waals surface area (Å²) in [6, 6.07) is 15.5. The Morgan fingerprint density at radius 2 is 1.12 bits per heavy atom. The Hall–Kier alpha value is -0.533. The van der Waals surface area contributed by atoms with Crippen LogP contribution in [0.4, 0.5) is 0 Å². The summed E-state index contributed by atoms with van der Waals surface area (Å²) in [7, 11) is 0. The van der Waals surface area contributed by atoms with E-state index in [2.05, 4.69) is 50.0 Å². The molecular weight excluding hydrogens is 499 g/mol. The van der Waals surface area contributed by atoms with Crippen LogP contribution in [0.2, 0.25) is 0 Å². The Balaban J connectivity index is 0.000000573. The minimum atomic E-state index is -2.13. The number of nitrogens with zero attached hydrogens (tertiary/aromatic N) is 2. The Morgan fingerprint density at radius 3 is 1.48 bits per heavy atom. The van der Waals surface area contributed by atoms with E-state index >= 15 is 0 Å². The van der Waals surface area contributed by atoms with E-state index in [1.807, 2.05) is 12.1 Å². The Morgan fingerprint density at radius 1 is 0.758 bits per heavy atom. The van der Waals surface area contributed by atoms with Crippen LogP contribution in [-0.2, 0) is 33.6 Å². The van der Waals surface area contributed by atoms with E-state index < -0.39 is 11.1 Å². The molecule has 180 valence electrons. The maximum Gasteiger partial charge on any atom is 1.00 e. The summed E-state index contributed by atoms with van der Waals surface area (Å²) in [5.41, 5.74) is 2.51. The normalized spacial score (nSPS) is 17.3. The van der Waals surface area contributed by atoms with Crippen LogP contribution in [-0.4, -0.2) is 71.2 Å². The Bertz CT molecular complexity index is 784. The van der Waals surface area contributed by atoms with Gasteiger partial charge in [-0.25, -0.2) is 0 Å². The molecule has 0 amide bonds. The molecule has 0 N–H and O–H groups in total. The van der Waals surface area contributed by atoms with Crippen LogP contribution < -0.4 is 18.9 Å². The fraction of sp³-hybridized carbons (Fsp3) is 0.500. The monoisotopic (exact) mass is 534 g/mol. The topological polar surface area (TPSA) is 65.1 Å². The molecule has 2 aromatic rings. The van der Waals surface area contributed by atoms with Gasteiger partial charge in [0.1, 0.15) is 0 Å². The molecule has 0 spiro atoms. The van der Waals surface area contributed by atoms with Crippen molar-refractivity contribution < 1.29 is 37.1 Å². The van der Waals surface area contributed by atoms with Gasteiger partial charge in [0.05, 0.1) is 26.4 Å². The molecule has 2 aromatic carbocycles. The first-order valence-corrected chi connectivity index (χ1v) is 12.0. The molecule has 0 bridgehead atoms. The second kappa shape index (κ2) is 17.8. The van der Waals surface area contributed by atoms with Crippen molar-refractivity contribution in [1.82, 2.24) is 9.80 Å². The molecule has 2 saturated heterocycles. The zero-order chi connectivity index (χ0) is 21.2. The number of hydrogen-bond acceptors (Lipinski definition) is 6. The van der Waals surface area contributed by atoms with Crippen molar-refractivity contribution in [1.29, 1.82) is 0 Å². The summed E-state index contributed by atoms with van der Waals surface area (Å²) in [5.74, 6) is 0. The molecule has 1 atom stereocenters. The van der Waals surface area contributed by atoms with E-state index in [0.29, 0.717) is 4.90 Å². The van der Waals surface area contributed by atoms with Crippen molar-refractivity contribution >= 4 is 27.0 Å². The van der Waals surface area contributed by atoms with Crippen molar-refractivity contribution in [3.8, 4) is 0 Å². The zero-order valence-electron chi connectivity index (χ0n) is 18.0. The van der Waals surface area contributed by atoms with Crippen LogP contribution in [0, 0.1) is 0 Å². The van der Waals surface area contributed by atoms with E-state index in [1.165, 1.54) is 5.56 Å². The van der Waals surface area contributed by atoms with Gasteiger partial charge in [-0.1, -0.05) is 55.0 Å². The third-order valence-corrected chi connectivity index (χ3v) is 6.23. The van der Waals surface area contributed by atoms with E-state index in [-0.39, 0.29) is 33.7 Å². The van der Waals surface area contributed by atoms with Gasteiger partial charge >= 0.3 is 18.9 Å². The molecule has 6 nitrogen and oxygen atoms in total. The third kappa shape index (κ3) is 12.1. The van der Waals surface area contributed by atoms with Gasteiger partial charge in [0.25, 0.3) is 0 Å². The maximum absolute atomic E-state index is 10.7. The number of benzene rings is 2. The molecule has 2 aliphatic rings. The smallest absolute Gasteiger partial charge is 0.768 e. The fourth-order valence-corrected chi connectivity index (χ4v) is 3.95. The summed E-state index contributed by atoms with van der Waals surface area (Å²) in [4.78, 5) is 5.06. The minimum absolute atomic E-state index is 0. The van der Waals surface area contributed by atoms with Gasteiger partial charge in [-0.05, 0) is 46.5 Å². The standard InChI is InChI=1S/C11H14BrNO.C11H15NO3S.2CH4.Li/c12-11-3-1-10(2-4-11)9-13-5-7-14-8-6-13;13-16(14)11-3-1-10(2-4-11)9-12-5-7-15-8-6-12;;;/h1-4H,5-9H2;1-4H,5-9H2,(H,13,14);2*1H4;/q;;;;+1/p-1. The second-order valence-corrected chi connectivity index (χ2v) is 9.14. The first kappa shape index (κ1) is 32.5. The average molecular weight is 535 g/mol. The number of morpholine rings is 2. The molecule has 9 heteroatoms. The van der Waals surface area contributed by atoms with E-state index in [0.717, 1.165) is 75.7 Å². The molecule has 4 rings (SSSR count). The Kier molecular flexibility index (Phi) is 17.5. The van der Waals surface area contributed by atoms with E-state index in [9.17, 15) is 8.76 Å². The van der Waals surface area contributed by atoms with Gasteiger partial charge in [-0.2, -0.15) is 0 Å². The van der Waals surface area contributed by atoms with Crippen LogP contribution in [0.15, 0.2) is 57.9 Å². The number of hydrogen-bond donors (Lipinski definition) is 0. The largest absolute Gasteiger partial charge is 1.00 e. The molecule has 0 saturated carbocycles. The molecule has 2 fully saturated rings. The summed E-state index contributed by atoms with van der Waals surface area (Å²) >= 11 is 1.31. The summed E-state index contributed by atoms with van der Waals surface area (Å²) in [6.45, 7) is 9.18. The minimum Gasteiger partial charge on any atom is -0.768 e. The summed E-state index contributed by atoms with van der Waals surface area (Å²) in [5, 5.41) is 0. The van der Waals surface area contributed by atoms with Crippen molar-refractivity contribution in [2.45, 2.75) is 32.8 Å². The van der Waals surface area contributed by atoms with Crippen molar-refractivity contribution in [3.05, 3.63) is 64.1 Å². The SMILES string of the molecule is Brc1ccc(CN2CCOCC2)cc1.C.C.O=S([O-])c1ccc(CN2CCOCC2)cc1.[Li+]. The molecule has 0 aliphatic carbocycles. The third-order valence-electron chi connectivity index (χ3n) is 5.05. The van der Waals surface area contributed by atoms with Gasteiger partial charge in [0, 0.05) is 48.6 Å². The van der Waals surface area contributed by atoms with Gasteiger partial charge in [0.2, 0.25) is 0 Å². The maximum atomic E-state index is 10.7. The molecule has 2 heterocycles. The number of halogens is 1. The van der Waals surface area contributed by atoms with Crippen LogP contribution in [0.3, 0.4) is 0 Å². The first-order valence-electron chi connectivity index (χ1n) is 10.1. The molecular formula is C24H36BrLiN2O4S. The van der Waals surface area contributed by atoms with Gasteiger partial charge in [0.15, 0.2) is 0 Å². The molecule has 0 aromatic heterocycles. The summed E-state index contributed by atoms with van der Waals surface area (Å²) < 4.78 is 33.1. The number of rotatable bonds is 5. The average Bonchev–Trinajstić information content (AvgIpc) is 2.78. The van der Waals surface area contributed by atoms with Crippen molar-refractivity contribution in [2.75, 3.05) is 52.6 Å². The van der Waals surface area contributed by atoms with Crippen LogP contribution in [0.5, 0.6) is 0 Å². The van der Waals surface area contributed by atoms with Crippen LogP contribution in [0.1, 0.15) is 26.0 Å². The van der Waals surface area contributed by atoms with Crippen molar-refractivity contribution in [2.24, 2.45) is 0 Å². The first-order chi connectivity index (χ1) is 14.6. The Labute approximate surface area is 222 Å². The molecule has 33 heavy (non-hydrogen) atoms. The van der Waals surface area contributed by atoms with Crippen LogP contribution >= 0.6 is 15.9 Å². The predicted molar refractivity (Wildman–Crippen MR) is 133 cm³/mol. The quantitative estimate of drug-likeness (QED) is 0.425. The van der Waals surface area contributed by atoms with Crippen LogP contribution in [0.25, 0.3) is 0 Å².